The van der Waals surface area contributed by atoms with E-state index in [0.717, 1.165) is 44.6 Å². The summed E-state index contributed by atoms with van der Waals surface area (Å²) in [7, 11) is 0. The fourth-order valence-corrected chi connectivity index (χ4v) is 4.78. The Morgan fingerprint density at radius 2 is 1.93 bits per heavy atom. The maximum atomic E-state index is 13.3. The van der Waals surface area contributed by atoms with Gasteiger partial charge in [0.2, 0.25) is 0 Å². The van der Waals surface area contributed by atoms with Crippen molar-refractivity contribution in [2.75, 3.05) is 31.1 Å². The van der Waals surface area contributed by atoms with Crippen molar-refractivity contribution in [2.24, 2.45) is 0 Å². The number of morpholine rings is 1. The second-order valence-corrected chi connectivity index (χ2v) is 8.41. The Hall–Kier alpha value is -2.70. The number of aromatic nitrogens is 1. The van der Waals surface area contributed by atoms with Gasteiger partial charge in [0.1, 0.15) is 12.4 Å². The first-order valence-electron chi connectivity index (χ1n) is 10.6. The second kappa shape index (κ2) is 7.85. The number of carbonyl (C=O) groups excluding carboxylic acids is 1. The first kappa shape index (κ1) is 19.3. The number of rotatable bonds is 3. The SMILES string of the molecule is O=C1CO[C@]2(CCCN(Cc3cccc4[nH]ccc34)CC2)CN1c1ccc(F)cc1. The van der Waals surface area contributed by atoms with Crippen molar-refractivity contribution in [1.82, 2.24) is 9.88 Å². The Bertz CT molecular complexity index is 1050. The molecule has 1 atom stereocenters. The van der Waals surface area contributed by atoms with Crippen LogP contribution in [0.5, 0.6) is 0 Å². The molecule has 2 aliphatic heterocycles. The number of nitrogens with one attached hydrogen (secondary N) is 1. The molecule has 2 saturated heterocycles. The number of nitrogens with zero attached hydrogens (tertiary/aromatic N) is 2. The molecule has 30 heavy (non-hydrogen) atoms. The van der Waals surface area contributed by atoms with Crippen LogP contribution in [0.2, 0.25) is 0 Å². The average molecular weight is 407 g/mol. The number of aromatic amines is 1. The lowest BCUT2D eigenvalue weighted by atomic mass is 9.92. The lowest BCUT2D eigenvalue weighted by Crippen LogP contribution is -2.55. The Kier molecular flexibility index (Phi) is 5.05. The number of carbonyl (C=O) groups is 1. The van der Waals surface area contributed by atoms with E-state index in [9.17, 15) is 9.18 Å². The first-order chi connectivity index (χ1) is 14.6. The number of likely N-dealkylation sites (tertiary alicyclic amines) is 1. The van der Waals surface area contributed by atoms with Crippen molar-refractivity contribution in [3.8, 4) is 0 Å². The molecule has 5 rings (SSSR count). The minimum absolute atomic E-state index is 0.0625. The van der Waals surface area contributed by atoms with Crippen molar-refractivity contribution in [1.29, 1.82) is 0 Å². The predicted molar refractivity (Wildman–Crippen MR) is 115 cm³/mol. The number of anilines is 1. The van der Waals surface area contributed by atoms with Crippen LogP contribution in [-0.2, 0) is 16.1 Å². The van der Waals surface area contributed by atoms with Gasteiger partial charge in [-0.1, -0.05) is 12.1 Å². The van der Waals surface area contributed by atoms with Gasteiger partial charge < -0.3 is 14.6 Å². The van der Waals surface area contributed by atoms with Crippen LogP contribution >= 0.6 is 0 Å². The van der Waals surface area contributed by atoms with Crippen molar-refractivity contribution >= 4 is 22.5 Å². The highest BCUT2D eigenvalue weighted by Crippen LogP contribution is 2.33. The fourth-order valence-electron chi connectivity index (χ4n) is 4.78. The van der Waals surface area contributed by atoms with Crippen molar-refractivity contribution in [2.45, 2.75) is 31.4 Å². The third kappa shape index (κ3) is 3.73. The number of fused-ring (bicyclic) bond motifs is 1. The molecule has 1 aromatic heterocycles. The van der Waals surface area contributed by atoms with E-state index < -0.39 is 0 Å². The number of halogens is 1. The number of H-pyrrole nitrogens is 1. The van der Waals surface area contributed by atoms with Gasteiger partial charge in [-0.2, -0.15) is 0 Å². The van der Waals surface area contributed by atoms with Gasteiger partial charge in [0.05, 0.1) is 12.1 Å². The molecule has 0 unspecified atom stereocenters. The van der Waals surface area contributed by atoms with Gasteiger partial charge in [0.25, 0.3) is 5.91 Å². The van der Waals surface area contributed by atoms with E-state index in [-0.39, 0.29) is 23.9 Å². The quantitative estimate of drug-likeness (QED) is 0.711. The van der Waals surface area contributed by atoms with E-state index in [1.165, 1.54) is 28.6 Å². The van der Waals surface area contributed by atoms with Crippen molar-refractivity contribution < 1.29 is 13.9 Å². The first-order valence-corrected chi connectivity index (χ1v) is 10.6. The van der Waals surface area contributed by atoms with Gasteiger partial charge in [-0.25, -0.2) is 4.39 Å². The molecule has 3 heterocycles. The number of ether oxygens (including phenoxy) is 1. The summed E-state index contributed by atoms with van der Waals surface area (Å²) in [5.41, 5.74) is 2.90. The van der Waals surface area contributed by atoms with E-state index in [0.29, 0.717) is 6.54 Å². The smallest absolute Gasteiger partial charge is 0.253 e. The van der Waals surface area contributed by atoms with E-state index in [1.807, 2.05) is 6.20 Å². The average Bonchev–Trinajstić information content (AvgIpc) is 3.16. The molecule has 5 nitrogen and oxygen atoms in total. The Labute approximate surface area is 175 Å². The standard InChI is InChI=1S/C24H26FN3O2/c25-19-5-7-20(8-6-19)28-17-24(30-16-23(28)29)10-2-13-27(14-11-24)15-18-3-1-4-22-21(18)9-12-26-22/h1,3-9,12,26H,2,10-11,13-17H2/t24-/m0/s1. The predicted octanol–water partition coefficient (Wildman–Crippen LogP) is 4.10. The largest absolute Gasteiger partial charge is 0.363 e. The molecule has 0 radical (unpaired) electrons. The van der Waals surface area contributed by atoms with Crippen molar-refractivity contribution in [3.63, 3.8) is 0 Å². The highest BCUT2D eigenvalue weighted by Gasteiger charge is 2.41. The minimum Gasteiger partial charge on any atom is -0.363 e. The van der Waals surface area contributed by atoms with Gasteiger partial charge >= 0.3 is 0 Å². The molecule has 2 aliphatic rings. The molecule has 1 amide bonds. The monoisotopic (exact) mass is 407 g/mol. The summed E-state index contributed by atoms with van der Waals surface area (Å²) in [4.78, 5) is 20.0. The molecule has 156 valence electrons. The van der Waals surface area contributed by atoms with E-state index in [2.05, 4.69) is 34.1 Å². The topological polar surface area (TPSA) is 48.6 Å². The molecule has 6 heteroatoms. The van der Waals surface area contributed by atoms with Gasteiger partial charge in [0.15, 0.2) is 0 Å². The summed E-state index contributed by atoms with van der Waals surface area (Å²) in [6, 6.07) is 14.7. The number of amides is 1. The minimum atomic E-state index is -0.336. The molecule has 2 aromatic carbocycles. The highest BCUT2D eigenvalue weighted by molar-refractivity contribution is 5.95. The van der Waals surface area contributed by atoms with Crippen LogP contribution in [0.25, 0.3) is 10.9 Å². The van der Waals surface area contributed by atoms with E-state index in [4.69, 9.17) is 4.74 Å². The van der Waals surface area contributed by atoms with Gasteiger partial charge in [0, 0.05) is 35.9 Å². The summed E-state index contributed by atoms with van der Waals surface area (Å²) >= 11 is 0. The summed E-state index contributed by atoms with van der Waals surface area (Å²) in [5.74, 6) is -0.357. The summed E-state index contributed by atoms with van der Waals surface area (Å²) < 4.78 is 19.4. The maximum Gasteiger partial charge on any atom is 0.253 e. The van der Waals surface area contributed by atoms with Crippen LogP contribution in [-0.4, -0.2) is 47.6 Å². The molecule has 0 bridgehead atoms. The van der Waals surface area contributed by atoms with Crippen LogP contribution < -0.4 is 4.90 Å². The highest BCUT2D eigenvalue weighted by atomic mass is 19.1. The molecular weight excluding hydrogens is 381 g/mol. The zero-order chi connectivity index (χ0) is 20.6. The Morgan fingerprint density at radius 1 is 1.07 bits per heavy atom. The second-order valence-electron chi connectivity index (χ2n) is 8.41. The Balaban J connectivity index is 1.30. The molecule has 3 aromatic rings. The molecule has 2 fully saturated rings. The summed E-state index contributed by atoms with van der Waals surface area (Å²) in [6.07, 6.45) is 4.81. The van der Waals surface area contributed by atoms with Crippen LogP contribution in [0, 0.1) is 5.82 Å². The lowest BCUT2D eigenvalue weighted by molar-refractivity contribution is -0.140. The Morgan fingerprint density at radius 3 is 2.80 bits per heavy atom. The van der Waals surface area contributed by atoms with Gasteiger partial charge in [-0.3, -0.25) is 9.69 Å². The number of benzene rings is 2. The normalized spacial score (nSPS) is 23.2. The molecule has 0 aliphatic carbocycles. The molecule has 1 N–H and O–H groups in total. The van der Waals surface area contributed by atoms with E-state index >= 15 is 0 Å². The van der Waals surface area contributed by atoms with Crippen molar-refractivity contribution in [3.05, 3.63) is 66.1 Å². The zero-order valence-corrected chi connectivity index (χ0v) is 16.9. The third-order valence-electron chi connectivity index (χ3n) is 6.46. The van der Waals surface area contributed by atoms with E-state index in [1.54, 1.807) is 17.0 Å². The lowest BCUT2D eigenvalue weighted by Gasteiger charge is -2.42. The van der Waals surface area contributed by atoms with Crippen LogP contribution in [0.4, 0.5) is 10.1 Å². The zero-order valence-electron chi connectivity index (χ0n) is 16.9. The van der Waals surface area contributed by atoms with Gasteiger partial charge in [-0.15, -0.1) is 0 Å². The maximum absolute atomic E-state index is 13.3. The molecule has 1 spiro atoms. The number of hydrogen-bond donors (Lipinski definition) is 1. The molecule has 0 saturated carbocycles. The van der Waals surface area contributed by atoms with Crippen LogP contribution in [0.3, 0.4) is 0 Å². The summed E-state index contributed by atoms with van der Waals surface area (Å²) in [5, 5.41) is 1.28. The fraction of sp³-hybridized carbons (Fsp3) is 0.375. The number of hydrogen-bond acceptors (Lipinski definition) is 3. The van der Waals surface area contributed by atoms with Gasteiger partial charge in [-0.05, 0) is 67.8 Å². The third-order valence-corrected chi connectivity index (χ3v) is 6.46. The molecular formula is C24H26FN3O2. The summed E-state index contributed by atoms with van der Waals surface area (Å²) in [6.45, 7) is 3.45. The van der Waals surface area contributed by atoms with Crippen LogP contribution in [0.15, 0.2) is 54.7 Å². The van der Waals surface area contributed by atoms with Crippen LogP contribution in [0.1, 0.15) is 24.8 Å².